The first-order valence-corrected chi connectivity index (χ1v) is 10.6. The summed E-state index contributed by atoms with van der Waals surface area (Å²) in [6.45, 7) is 1.96. The van der Waals surface area contributed by atoms with Crippen molar-refractivity contribution in [1.82, 2.24) is 14.3 Å². The number of carbonyl (C=O) groups excluding carboxylic acids is 2. The third kappa shape index (κ3) is 4.24. The van der Waals surface area contributed by atoms with Crippen LogP contribution >= 0.6 is 0 Å². The van der Waals surface area contributed by atoms with Crippen LogP contribution in [0.1, 0.15) is 37.9 Å². The fourth-order valence-corrected chi connectivity index (χ4v) is 4.31. The van der Waals surface area contributed by atoms with Crippen LogP contribution in [0.3, 0.4) is 0 Å². The molecule has 1 fully saturated rings. The molecular weight excluding hydrogens is 384 g/mol. The Balaban J connectivity index is 1.45. The Morgan fingerprint density at radius 2 is 1.87 bits per heavy atom. The SMILES string of the molecule is NC(=O)C1CCN(c2ccccc2NC(=O)Cn2nc3n(c2=O)CCCCC3)CC1. The lowest BCUT2D eigenvalue weighted by atomic mass is 9.96. The number of hydrogen-bond acceptors (Lipinski definition) is 5. The molecule has 0 bridgehead atoms. The maximum Gasteiger partial charge on any atom is 0.346 e. The summed E-state index contributed by atoms with van der Waals surface area (Å²) in [7, 11) is 0. The van der Waals surface area contributed by atoms with Gasteiger partial charge >= 0.3 is 5.69 Å². The van der Waals surface area contributed by atoms with E-state index < -0.39 is 0 Å². The second-order valence-electron chi connectivity index (χ2n) is 8.05. The Labute approximate surface area is 174 Å². The number of fused-ring (bicyclic) bond motifs is 1. The molecular formula is C21H28N6O3. The minimum absolute atomic E-state index is 0.0916. The van der Waals surface area contributed by atoms with Crippen molar-refractivity contribution >= 4 is 23.2 Å². The van der Waals surface area contributed by atoms with Crippen molar-refractivity contribution in [2.24, 2.45) is 11.7 Å². The van der Waals surface area contributed by atoms with E-state index in [2.05, 4.69) is 15.3 Å². The summed E-state index contributed by atoms with van der Waals surface area (Å²) in [5.74, 6) is 0.138. The maximum atomic E-state index is 12.7. The van der Waals surface area contributed by atoms with Gasteiger partial charge in [-0.3, -0.25) is 14.2 Å². The maximum absolute atomic E-state index is 12.7. The van der Waals surface area contributed by atoms with Crippen molar-refractivity contribution in [3.63, 3.8) is 0 Å². The van der Waals surface area contributed by atoms with E-state index in [1.54, 1.807) is 4.57 Å². The molecule has 3 heterocycles. The molecule has 2 aromatic rings. The van der Waals surface area contributed by atoms with Gasteiger partial charge in [0.2, 0.25) is 11.8 Å². The van der Waals surface area contributed by atoms with Crippen LogP contribution in [0, 0.1) is 5.92 Å². The van der Waals surface area contributed by atoms with Gasteiger partial charge in [0.25, 0.3) is 0 Å². The average molecular weight is 412 g/mol. The van der Waals surface area contributed by atoms with Gasteiger partial charge in [0, 0.05) is 32.0 Å². The molecule has 0 saturated carbocycles. The lowest BCUT2D eigenvalue weighted by molar-refractivity contribution is -0.122. The third-order valence-corrected chi connectivity index (χ3v) is 5.99. The number of para-hydroxylation sites is 2. The van der Waals surface area contributed by atoms with Crippen molar-refractivity contribution < 1.29 is 9.59 Å². The van der Waals surface area contributed by atoms with Crippen molar-refractivity contribution in [2.45, 2.75) is 51.6 Å². The Bertz CT molecular complexity index is 987. The van der Waals surface area contributed by atoms with Crippen LogP contribution in [-0.2, 0) is 29.1 Å². The molecule has 9 nitrogen and oxygen atoms in total. The van der Waals surface area contributed by atoms with E-state index in [-0.39, 0.29) is 30.0 Å². The number of nitrogens with two attached hydrogens (primary N) is 1. The van der Waals surface area contributed by atoms with Gasteiger partial charge in [-0.05, 0) is 37.8 Å². The molecule has 160 valence electrons. The highest BCUT2D eigenvalue weighted by Crippen LogP contribution is 2.29. The number of carbonyl (C=O) groups is 2. The van der Waals surface area contributed by atoms with E-state index in [1.165, 1.54) is 4.68 Å². The number of benzene rings is 1. The molecule has 0 unspecified atom stereocenters. The normalized spacial score (nSPS) is 17.3. The first kappa shape index (κ1) is 20.2. The molecule has 4 rings (SSSR count). The van der Waals surface area contributed by atoms with E-state index in [9.17, 15) is 14.4 Å². The first-order chi connectivity index (χ1) is 14.5. The van der Waals surface area contributed by atoms with Crippen LogP contribution < -0.4 is 21.6 Å². The summed E-state index contributed by atoms with van der Waals surface area (Å²) < 4.78 is 2.95. The fourth-order valence-electron chi connectivity index (χ4n) is 4.31. The Kier molecular flexibility index (Phi) is 5.87. The number of aryl methyl sites for hydroxylation is 1. The van der Waals surface area contributed by atoms with Gasteiger partial charge in [-0.25, -0.2) is 9.48 Å². The number of piperidine rings is 1. The van der Waals surface area contributed by atoms with E-state index in [1.807, 2.05) is 24.3 Å². The van der Waals surface area contributed by atoms with Crippen LogP contribution in [-0.4, -0.2) is 39.3 Å². The van der Waals surface area contributed by atoms with Gasteiger partial charge in [0.15, 0.2) is 0 Å². The smallest absolute Gasteiger partial charge is 0.346 e. The number of primary amides is 1. The number of hydrogen-bond donors (Lipinski definition) is 2. The van der Waals surface area contributed by atoms with Crippen molar-refractivity contribution in [3.8, 4) is 0 Å². The summed E-state index contributed by atoms with van der Waals surface area (Å²) in [5.41, 5.74) is 6.80. The molecule has 0 atom stereocenters. The predicted octanol–water partition coefficient (Wildman–Crippen LogP) is 1.11. The Morgan fingerprint density at radius 3 is 2.63 bits per heavy atom. The summed E-state index contributed by atoms with van der Waals surface area (Å²) in [4.78, 5) is 38.9. The number of nitrogens with one attached hydrogen (secondary N) is 1. The minimum atomic E-state index is -0.287. The Hall–Kier alpha value is -3.10. The molecule has 3 N–H and O–H groups in total. The number of aromatic nitrogens is 3. The molecule has 0 radical (unpaired) electrons. The topological polar surface area (TPSA) is 115 Å². The Morgan fingerprint density at radius 1 is 1.10 bits per heavy atom. The molecule has 2 aliphatic rings. The fraction of sp³-hybridized carbons (Fsp3) is 0.524. The molecule has 1 aromatic carbocycles. The molecule has 1 aromatic heterocycles. The number of rotatable bonds is 5. The van der Waals surface area contributed by atoms with Gasteiger partial charge < -0.3 is 16.0 Å². The molecule has 0 aliphatic carbocycles. The summed E-state index contributed by atoms with van der Waals surface area (Å²) in [6, 6.07) is 7.58. The standard InChI is InChI=1S/C21H28N6O3/c22-20(29)15-9-12-25(13-10-15)17-7-4-3-6-16(17)23-19(28)14-27-21(30)26-11-5-1-2-8-18(26)24-27/h3-4,6-7,15H,1-2,5,8-14H2,(H2,22,29)(H,23,28). The minimum Gasteiger partial charge on any atom is -0.370 e. The largest absolute Gasteiger partial charge is 0.370 e. The van der Waals surface area contributed by atoms with E-state index >= 15 is 0 Å². The van der Waals surface area contributed by atoms with Gasteiger partial charge in [0.05, 0.1) is 11.4 Å². The number of anilines is 2. The van der Waals surface area contributed by atoms with E-state index in [4.69, 9.17) is 5.73 Å². The highest BCUT2D eigenvalue weighted by Gasteiger charge is 2.25. The zero-order chi connectivity index (χ0) is 21.1. The molecule has 2 aliphatic heterocycles. The molecule has 30 heavy (non-hydrogen) atoms. The third-order valence-electron chi connectivity index (χ3n) is 5.99. The second kappa shape index (κ2) is 8.73. The summed E-state index contributed by atoms with van der Waals surface area (Å²) in [5, 5.41) is 7.31. The van der Waals surface area contributed by atoms with Crippen LogP contribution in [0.5, 0.6) is 0 Å². The van der Waals surface area contributed by atoms with Crippen LogP contribution in [0.2, 0.25) is 0 Å². The summed E-state index contributed by atoms with van der Waals surface area (Å²) in [6.07, 6.45) is 5.25. The molecule has 9 heteroatoms. The average Bonchev–Trinajstić information content (AvgIpc) is 2.90. The quantitative estimate of drug-likeness (QED) is 0.763. The lowest BCUT2D eigenvalue weighted by Gasteiger charge is -2.33. The van der Waals surface area contributed by atoms with Crippen molar-refractivity contribution in [3.05, 3.63) is 40.6 Å². The van der Waals surface area contributed by atoms with E-state index in [0.29, 0.717) is 38.2 Å². The molecule has 0 spiro atoms. The van der Waals surface area contributed by atoms with E-state index in [0.717, 1.165) is 37.2 Å². The number of nitrogens with zero attached hydrogens (tertiary/aromatic N) is 4. The second-order valence-corrected chi connectivity index (χ2v) is 8.05. The summed E-state index contributed by atoms with van der Waals surface area (Å²) >= 11 is 0. The van der Waals surface area contributed by atoms with Gasteiger partial charge in [-0.15, -0.1) is 0 Å². The zero-order valence-electron chi connectivity index (χ0n) is 17.0. The number of amides is 2. The molecule has 1 saturated heterocycles. The van der Waals surface area contributed by atoms with Gasteiger partial charge in [-0.2, -0.15) is 5.10 Å². The first-order valence-electron chi connectivity index (χ1n) is 10.6. The lowest BCUT2D eigenvalue weighted by Crippen LogP contribution is -2.39. The predicted molar refractivity (Wildman–Crippen MR) is 113 cm³/mol. The van der Waals surface area contributed by atoms with Crippen LogP contribution in [0.25, 0.3) is 0 Å². The van der Waals surface area contributed by atoms with Gasteiger partial charge in [0.1, 0.15) is 12.4 Å². The highest BCUT2D eigenvalue weighted by molar-refractivity contribution is 5.94. The molecule has 2 amide bonds. The van der Waals surface area contributed by atoms with Crippen molar-refractivity contribution in [2.75, 3.05) is 23.3 Å². The van der Waals surface area contributed by atoms with Crippen LogP contribution in [0.4, 0.5) is 11.4 Å². The monoisotopic (exact) mass is 412 g/mol. The van der Waals surface area contributed by atoms with Crippen molar-refractivity contribution in [1.29, 1.82) is 0 Å². The highest BCUT2D eigenvalue weighted by atomic mass is 16.2. The van der Waals surface area contributed by atoms with Crippen LogP contribution in [0.15, 0.2) is 29.1 Å². The van der Waals surface area contributed by atoms with Gasteiger partial charge in [-0.1, -0.05) is 18.6 Å². The zero-order valence-corrected chi connectivity index (χ0v) is 17.0.